The van der Waals surface area contributed by atoms with Crippen molar-refractivity contribution in [1.82, 2.24) is 15.1 Å². The fourth-order valence-corrected chi connectivity index (χ4v) is 1.13. The summed E-state index contributed by atoms with van der Waals surface area (Å²) < 4.78 is 1.12. The maximum atomic E-state index is 11.5. The second-order valence-electron chi connectivity index (χ2n) is 3.34. The van der Waals surface area contributed by atoms with Gasteiger partial charge in [-0.2, -0.15) is 5.10 Å². The quantitative estimate of drug-likeness (QED) is 0.727. The maximum Gasteiger partial charge on any atom is 0.269 e. The highest BCUT2D eigenvalue weighted by Gasteiger charge is 2.03. The summed E-state index contributed by atoms with van der Waals surface area (Å²) in [4.78, 5) is 22.6. The van der Waals surface area contributed by atoms with Crippen LogP contribution >= 0.6 is 0 Å². The summed E-state index contributed by atoms with van der Waals surface area (Å²) in [6.45, 7) is 2.78. The van der Waals surface area contributed by atoms with Gasteiger partial charge in [-0.3, -0.25) is 9.59 Å². The Bertz CT molecular complexity index is 414. The van der Waals surface area contributed by atoms with Crippen LogP contribution in [0.1, 0.15) is 13.3 Å². The Labute approximate surface area is 93.7 Å². The van der Waals surface area contributed by atoms with Gasteiger partial charge in [0.15, 0.2) is 0 Å². The van der Waals surface area contributed by atoms with E-state index >= 15 is 0 Å². The topological polar surface area (TPSA) is 76.0 Å². The molecule has 0 fully saturated rings. The lowest BCUT2D eigenvalue weighted by Gasteiger charge is -2.06. The Morgan fingerprint density at radius 1 is 1.56 bits per heavy atom. The van der Waals surface area contributed by atoms with E-state index in [-0.39, 0.29) is 18.0 Å². The van der Waals surface area contributed by atoms with Crippen LogP contribution in [0.4, 0.5) is 5.69 Å². The zero-order chi connectivity index (χ0) is 12.0. The smallest absolute Gasteiger partial charge is 0.269 e. The number of anilines is 1. The number of amides is 1. The molecule has 1 aromatic rings. The van der Waals surface area contributed by atoms with Crippen molar-refractivity contribution in [2.24, 2.45) is 0 Å². The minimum Gasteiger partial charge on any atom is -0.384 e. The molecule has 0 bridgehead atoms. The summed E-state index contributed by atoms with van der Waals surface area (Å²) in [7, 11) is 1.52. The van der Waals surface area contributed by atoms with Gasteiger partial charge in [-0.15, -0.1) is 0 Å². The first-order valence-corrected chi connectivity index (χ1v) is 5.19. The van der Waals surface area contributed by atoms with E-state index in [1.807, 2.05) is 6.92 Å². The maximum absolute atomic E-state index is 11.5. The van der Waals surface area contributed by atoms with Gasteiger partial charge in [-0.25, -0.2) is 4.68 Å². The van der Waals surface area contributed by atoms with E-state index in [0.717, 1.165) is 17.6 Å². The molecule has 0 saturated heterocycles. The summed E-state index contributed by atoms with van der Waals surface area (Å²) >= 11 is 0. The summed E-state index contributed by atoms with van der Waals surface area (Å²) in [5, 5.41) is 9.39. The average molecular weight is 224 g/mol. The Morgan fingerprint density at radius 3 is 2.88 bits per heavy atom. The van der Waals surface area contributed by atoms with Crippen molar-refractivity contribution in [2.75, 3.05) is 18.9 Å². The predicted molar refractivity (Wildman–Crippen MR) is 61.3 cm³/mol. The lowest BCUT2D eigenvalue weighted by molar-refractivity contribution is -0.121. The molecule has 16 heavy (non-hydrogen) atoms. The van der Waals surface area contributed by atoms with Gasteiger partial charge < -0.3 is 10.6 Å². The highest BCUT2D eigenvalue weighted by Crippen LogP contribution is 1.99. The number of carbonyl (C=O) groups excluding carboxylic acids is 1. The third kappa shape index (κ3) is 3.38. The molecule has 88 valence electrons. The first-order valence-electron chi connectivity index (χ1n) is 5.19. The van der Waals surface area contributed by atoms with Crippen molar-refractivity contribution < 1.29 is 4.79 Å². The van der Waals surface area contributed by atoms with Crippen LogP contribution in [0.5, 0.6) is 0 Å². The van der Waals surface area contributed by atoms with E-state index in [4.69, 9.17) is 0 Å². The van der Waals surface area contributed by atoms with Crippen LogP contribution in [-0.2, 0) is 11.3 Å². The standard InChI is InChI=1S/C10H16N4O2/c1-3-4-12-8-5-10(16)14(13-6-8)7-9(15)11-2/h5-6,12H,3-4,7H2,1-2H3,(H,11,15). The summed E-state index contributed by atoms with van der Waals surface area (Å²) in [6, 6.07) is 1.44. The third-order valence-corrected chi connectivity index (χ3v) is 2.02. The van der Waals surface area contributed by atoms with Crippen molar-refractivity contribution in [3.63, 3.8) is 0 Å². The summed E-state index contributed by atoms with van der Waals surface area (Å²) in [5.74, 6) is -0.246. The van der Waals surface area contributed by atoms with Crippen molar-refractivity contribution in [2.45, 2.75) is 19.9 Å². The molecule has 0 aliphatic rings. The van der Waals surface area contributed by atoms with Crippen LogP contribution in [0.3, 0.4) is 0 Å². The fraction of sp³-hybridized carbons (Fsp3) is 0.500. The molecular weight excluding hydrogens is 208 g/mol. The van der Waals surface area contributed by atoms with E-state index in [9.17, 15) is 9.59 Å². The van der Waals surface area contributed by atoms with Crippen LogP contribution in [-0.4, -0.2) is 29.3 Å². The normalized spacial score (nSPS) is 9.88. The molecule has 1 heterocycles. The van der Waals surface area contributed by atoms with Crippen LogP contribution in [0, 0.1) is 0 Å². The van der Waals surface area contributed by atoms with Gasteiger partial charge in [0.25, 0.3) is 5.56 Å². The monoisotopic (exact) mass is 224 g/mol. The highest BCUT2D eigenvalue weighted by atomic mass is 16.2. The van der Waals surface area contributed by atoms with Crippen molar-refractivity contribution in [3.8, 4) is 0 Å². The molecule has 0 aliphatic carbocycles. The number of likely N-dealkylation sites (N-methyl/N-ethyl adjacent to an activating group) is 1. The molecule has 1 rings (SSSR count). The second kappa shape index (κ2) is 5.89. The zero-order valence-electron chi connectivity index (χ0n) is 9.49. The molecular formula is C10H16N4O2. The number of carbonyl (C=O) groups is 1. The molecule has 0 atom stereocenters. The lowest BCUT2D eigenvalue weighted by atomic mass is 10.4. The van der Waals surface area contributed by atoms with Crippen molar-refractivity contribution in [1.29, 1.82) is 0 Å². The molecule has 0 spiro atoms. The van der Waals surface area contributed by atoms with E-state index in [0.29, 0.717) is 5.69 Å². The van der Waals surface area contributed by atoms with Crippen molar-refractivity contribution in [3.05, 3.63) is 22.6 Å². The van der Waals surface area contributed by atoms with E-state index in [2.05, 4.69) is 15.7 Å². The summed E-state index contributed by atoms with van der Waals surface area (Å²) in [6.07, 6.45) is 2.52. The molecule has 0 saturated carbocycles. The number of rotatable bonds is 5. The Hall–Kier alpha value is -1.85. The van der Waals surface area contributed by atoms with Gasteiger partial charge in [0.2, 0.25) is 5.91 Å². The third-order valence-electron chi connectivity index (χ3n) is 2.02. The molecule has 0 aromatic carbocycles. The molecule has 1 aromatic heterocycles. The van der Waals surface area contributed by atoms with E-state index in [1.165, 1.54) is 13.1 Å². The largest absolute Gasteiger partial charge is 0.384 e. The Kier molecular flexibility index (Phi) is 4.50. The molecule has 0 unspecified atom stereocenters. The van der Waals surface area contributed by atoms with Crippen LogP contribution in [0.15, 0.2) is 17.1 Å². The SMILES string of the molecule is CCCNc1cnn(CC(=O)NC)c(=O)c1. The van der Waals surface area contributed by atoms with E-state index < -0.39 is 0 Å². The number of nitrogens with zero attached hydrogens (tertiary/aromatic N) is 2. The van der Waals surface area contributed by atoms with Gasteiger partial charge in [-0.05, 0) is 6.42 Å². The van der Waals surface area contributed by atoms with Gasteiger partial charge in [0, 0.05) is 19.7 Å². The minimum atomic E-state index is -0.287. The molecule has 2 N–H and O–H groups in total. The molecule has 1 amide bonds. The number of nitrogens with one attached hydrogen (secondary N) is 2. The first-order chi connectivity index (χ1) is 7.67. The predicted octanol–water partition coefficient (Wildman–Crippen LogP) is -0.189. The van der Waals surface area contributed by atoms with Crippen LogP contribution in [0.2, 0.25) is 0 Å². The van der Waals surface area contributed by atoms with Crippen LogP contribution < -0.4 is 16.2 Å². The molecule has 0 aliphatic heterocycles. The number of aromatic nitrogens is 2. The first kappa shape index (κ1) is 12.2. The molecule has 6 heteroatoms. The van der Waals surface area contributed by atoms with Gasteiger partial charge >= 0.3 is 0 Å². The zero-order valence-corrected chi connectivity index (χ0v) is 9.49. The minimum absolute atomic E-state index is 0.0522. The van der Waals surface area contributed by atoms with Gasteiger partial charge in [0.1, 0.15) is 6.54 Å². The lowest BCUT2D eigenvalue weighted by Crippen LogP contribution is -2.31. The molecule has 6 nitrogen and oxygen atoms in total. The number of hydrogen-bond acceptors (Lipinski definition) is 4. The van der Waals surface area contributed by atoms with Gasteiger partial charge in [-0.1, -0.05) is 6.92 Å². The molecule has 0 radical (unpaired) electrons. The van der Waals surface area contributed by atoms with E-state index in [1.54, 1.807) is 6.20 Å². The van der Waals surface area contributed by atoms with Crippen LogP contribution in [0.25, 0.3) is 0 Å². The summed E-state index contributed by atoms with van der Waals surface area (Å²) in [5.41, 5.74) is 0.393. The number of hydrogen-bond donors (Lipinski definition) is 2. The van der Waals surface area contributed by atoms with Crippen molar-refractivity contribution >= 4 is 11.6 Å². The Balaban J connectivity index is 2.75. The highest BCUT2D eigenvalue weighted by molar-refractivity contribution is 5.75. The van der Waals surface area contributed by atoms with Gasteiger partial charge in [0.05, 0.1) is 11.9 Å². The average Bonchev–Trinajstić information content (AvgIpc) is 2.29. The fourth-order valence-electron chi connectivity index (χ4n) is 1.13. The Morgan fingerprint density at radius 2 is 2.31 bits per heavy atom. The second-order valence-corrected chi connectivity index (χ2v) is 3.34.